The Hall–Kier alpha value is -0.450. The Labute approximate surface area is 114 Å². The second-order valence-electron chi connectivity index (χ2n) is 5.51. The molecule has 0 atom stereocenters. The maximum Gasteiger partial charge on any atom is 0.113 e. The minimum absolute atomic E-state index is 0.153. The lowest BCUT2D eigenvalue weighted by atomic mass is 9.88. The van der Waals surface area contributed by atoms with Gasteiger partial charge in [-0.15, -0.1) is 11.3 Å². The molecule has 4 heteroatoms. The molecular formula is C14H23N3S. The first-order valence-corrected chi connectivity index (χ1v) is 7.99. The third-order valence-electron chi connectivity index (χ3n) is 4.64. The number of thiazole rings is 1. The van der Waals surface area contributed by atoms with Gasteiger partial charge in [0.15, 0.2) is 0 Å². The van der Waals surface area contributed by atoms with Crippen molar-refractivity contribution in [3.8, 4) is 0 Å². The summed E-state index contributed by atoms with van der Waals surface area (Å²) in [5.41, 5.74) is 1.54. The lowest BCUT2D eigenvalue weighted by Crippen LogP contribution is -2.49. The standard InChI is InChI=1S/C14H23N3S/c1-3-17-9-7-14(15-2,8-10-17)13-16-11-5-4-6-12(11)18-13/h15H,3-10H2,1-2H3. The summed E-state index contributed by atoms with van der Waals surface area (Å²) >= 11 is 1.97. The molecule has 1 N–H and O–H groups in total. The SMILES string of the molecule is CCN1CCC(NC)(c2nc3c(s2)CCC3)CC1. The Morgan fingerprint density at radius 2 is 2.11 bits per heavy atom. The molecule has 3 rings (SSSR count). The first kappa shape index (κ1) is 12.6. The lowest BCUT2D eigenvalue weighted by Gasteiger charge is -2.40. The number of rotatable bonds is 3. The summed E-state index contributed by atoms with van der Waals surface area (Å²) in [5.74, 6) is 0. The molecule has 1 saturated heterocycles. The molecule has 18 heavy (non-hydrogen) atoms. The third-order valence-corrected chi connectivity index (χ3v) is 6.00. The van der Waals surface area contributed by atoms with E-state index in [0.717, 1.165) is 0 Å². The Kier molecular flexibility index (Phi) is 3.43. The summed E-state index contributed by atoms with van der Waals surface area (Å²) in [6.07, 6.45) is 6.17. The van der Waals surface area contributed by atoms with Crippen LogP contribution in [0.2, 0.25) is 0 Å². The van der Waals surface area contributed by atoms with Gasteiger partial charge in [-0.3, -0.25) is 0 Å². The van der Waals surface area contributed by atoms with E-state index in [2.05, 4.69) is 24.2 Å². The number of nitrogens with zero attached hydrogens (tertiary/aromatic N) is 2. The van der Waals surface area contributed by atoms with Crippen LogP contribution in [0, 0.1) is 0 Å². The Balaban J connectivity index is 1.83. The van der Waals surface area contributed by atoms with Crippen molar-refractivity contribution in [2.24, 2.45) is 0 Å². The van der Waals surface area contributed by atoms with Gasteiger partial charge in [0, 0.05) is 18.0 Å². The molecular weight excluding hydrogens is 242 g/mol. The largest absolute Gasteiger partial charge is 0.308 e. The Bertz CT molecular complexity index is 397. The normalized spacial score (nSPS) is 23.2. The molecule has 1 aromatic heterocycles. The second kappa shape index (κ2) is 4.91. The van der Waals surface area contributed by atoms with E-state index in [1.165, 1.54) is 62.4 Å². The monoisotopic (exact) mass is 265 g/mol. The van der Waals surface area contributed by atoms with Gasteiger partial charge >= 0.3 is 0 Å². The summed E-state index contributed by atoms with van der Waals surface area (Å²) < 4.78 is 0. The van der Waals surface area contributed by atoms with Gasteiger partial charge in [-0.2, -0.15) is 0 Å². The minimum Gasteiger partial charge on any atom is -0.308 e. The fourth-order valence-corrected chi connectivity index (χ4v) is 4.62. The fraction of sp³-hybridized carbons (Fsp3) is 0.786. The topological polar surface area (TPSA) is 28.2 Å². The van der Waals surface area contributed by atoms with Crippen molar-refractivity contribution in [3.05, 3.63) is 15.6 Å². The number of aromatic nitrogens is 1. The zero-order valence-corrected chi connectivity index (χ0v) is 12.3. The first-order chi connectivity index (χ1) is 8.77. The van der Waals surface area contributed by atoms with Crippen LogP contribution in [0.4, 0.5) is 0 Å². The van der Waals surface area contributed by atoms with E-state index in [4.69, 9.17) is 4.98 Å². The highest BCUT2D eigenvalue weighted by molar-refractivity contribution is 7.12. The van der Waals surface area contributed by atoms with Crippen LogP contribution in [0.3, 0.4) is 0 Å². The van der Waals surface area contributed by atoms with Crippen LogP contribution in [0.5, 0.6) is 0 Å². The molecule has 0 aromatic carbocycles. The maximum absolute atomic E-state index is 4.95. The quantitative estimate of drug-likeness (QED) is 0.908. The zero-order chi connectivity index (χ0) is 12.6. The molecule has 2 aliphatic rings. The first-order valence-electron chi connectivity index (χ1n) is 7.18. The van der Waals surface area contributed by atoms with Crippen LogP contribution in [0.15, 0.2) is 0 Å². The van der Waals surface area contributed by atoms with Gasteiger partial charge in [-0.05, 0) is 45.7 Å². The smallest absolute Gasteiger partial charge is 0.113 e. The van der Waals surface area contributed by atoms with Crippen LogP contribution >= 0.6 is 11.3 Å². The summed E-state index contributed by atoms with van der Waals surface area (Å²) in [6, 6.07) is 0. The van der Waals surface area contributed by atoms with Gasteiger partial charge in [-0.1, -0.05) is 6.92 Å². The summed E-state index contributed by atoms with van der Waals surface area (Å²) in [4.78, 5) is 9.04. The molecule has 1 fully saturated rings. The highest BCUT2D eigenvalue weighted by Gasteiger charge is 2.38. The molecule has 3 nitrogen and oxygen atoms in total. The van der Waals surface area contributed by atoms with Gasteiger partial charge in [0.05, 0.1) is 11.2 Å². The highest BCUT2D eigenvalue weighted by Crippen LogP contribution is 2.38. The number of hydrogen-bond acceptors (Lipinski definition) is 4. The molecule has 0 amide bonds. The number of fused-ring (bicyclic) bond motifs is 1. The number of piperidine rings is 1. The van der Waals surface area contributed by atoms with Crippen molar-refractivity contribution >= 4 is 11.3 Å². The summed E-state index contributed by atoms with van der Waals surface area (Å²) in [5, 5.41) is 4.94. The zero-order valence-electron chi connectivity index (χ0n) is 11.5. The molecule has 0 bridgehead atoms. The number of hydrogen-bond donors (Lipinski definition) is 1. The molecule has 100 valence electrons. The Morgan fingerprint density at radius 3 is 2.72 bits per heavy atom. The Morgan fingerprint density at radius 1 is 1.33 bits per heavy atom. The molecule has 2 heterocycles. The number of nitrogens with one attached hydrogen (secondary N) is 1. The van der Waals surface area contributed by atoms with Crippen molar-refractivity contribution < 1.29 is 0 Å². The average molecular weight is 265 g/mol. The molecule has 0 radical (unpaired) electrons. The minimum atomic E-state index is 0.153. The fourth-order valence-electron chi connectivity index (χ4n) is 3.22. The molecule has 1 aliphatic heterocycles. The molecule has 1 aromatic rings. The molecule has 0 unspecified atom stereocenters. The van der Waals surface area contributed by atoms with Crippen LogP contribution in [0.1, 0.15) is 41.8 Å². The van der Waals surface area contributed by atoms with Gasteiger partial charge in [0.25, 0.3) is 0 Å². The van der Waals surface area contributed by atoms with Crippen molar-refractivity contribution in [1.82, 2.24) is 15.2 Å². The lowest BCUT2D eigenvalue weighted by molar-refractivity contribution is 0.145. The molecule has 0 spiro atoms. The van der Waals surface area contributed by atoms with Gasteiger partial charge in [-0.25, -0.2) is 4.98 Å². The summed E-state index contributed by atoms with van der Waals surface area (Å²) in [7, 11) is 2.11. The predicted octanol–water partition coefficient (Wildman–Crippen LogP) is 2.16. The maximum atomic E-state index is 4.95. The van der Waals surface area contributed by atoms with Crippen LogP contribution in [0.25, 0.3) is 0 Å². The van der Waals surface area contributed by atoms with E-state index < -0.39 is 0 Å². The van der Waals surface area contributed by atoms with Gasteiger partial charge in [0.2, 0.25) is 0 Å². The van der Waals surface area contributed by atoms with Gasteiger partial charge < -0.3 is 10.2 Å². The van der Waals surface area contributed by atoms with Crippen molar-refractivity contribution in [1.29, 1.82) is 0 Å². The number of likely N-dealkylation sites (tertiary alicyclic amines) is 1. The highest BCUT2D eigenvalue weighted by atomic mass is 32.1. The van der Waals surface area contributed by atoms with E-state index in [9.17, 15) is 0 Å². The van der Waals surface area contributed by atoms with E-state index in [1.54, 1.807) is 4.88 Å². The van der Waals surface area contributed by atoms with E-state index >= 15 is 0 Å². The summed E-state index contributed by atoms with van der Waals surface area (Å²) in [6.45, 7) is 5.82. The second-order valence-corrected chi connectivity index (χ2v) is 6.59. The molecule has 0 saturated carbocycles. The van der Waals surface area contributed by atoms with Crippen LogP contribution in [-0.2, 0) is 18.4 Å². The van der Waals surface area contributed by atoms with Crippen molar-refractivity contribution in [2.45, 2.75) is 44.6 Å². The van der Waals surface area contributed by atoms with Crippen molar-refractivity contribution in [2.75, 3.05) is 26.7 Å². The van der Waals surface area contributed by atoms with Crippen LogP contribution < -0.4 is 5.32 Å². The van der Waals surface area contributed by atoms with Crippen LogP contribution in [-0.4, -0.2) is 36.6 Å². The third kappa shape index (κ3) is 2.00. The van der Waals surface area contributed by atoms with E-state index in [-0.39, 0.29) is 5.54 Å². The van der Waals surface area contributed by atoms with Crippen molar-refractivity contribution in [3.63, 3.8) is 0 Å². The van der Waals surface area contributed by atoms with E-state index in [1.807, 2.05) is 11.3 Å². The average Bonchev–Trinajstić information content (AvgIpc) is 3.00. The van der Waals surface area contributed by atoms with Gasteiger partial charge in [0.1, 0.15) is 5.01 Å². The van der Waals surface area contributed by atoms with E-state index in [0.29, 0.717) is 0 Å². The number of aryl methyl sites for hydroxylation is 2. The predicted molar refractivity (Wildman–Crippen MR) is 76.2 cm³/mol. The molecule has 1 aliphatic carbocycles.